The maximum atomic E-state index is 11.0. The van der Waals surface area contributed by atoms with E-state index >= 15 is 0 Å². The molecule has 0 radical (unpaired) electrons. The average Bonchev–Trinajstić information content (AvgIpc) is 2.89. The van der Waals surface area contributed by atoms with E-state index in [1.165, 1.54) is 12.1 Å². The Morgan fingerprint density at radius 1 is 1.22 bits per heavy atom. The first-order valence-corrected chi connectivity index (χ1v) is 7.04. The van der Waals surface area contributed by atoms with Crippen molar-refractivity contribution in [3.8, 4) is 11.5 Å². The van der Waals surface area contributed by atoms with Crippen molar-refractivity contribution in [2.45, 2.75) is 6.61 Å². The highest BCUT2D eigenvalue weighted by Gasteiger charge is 2.10. The summed E-state index contributed by atoms with van der Waals surface area (Å²) >= 11 is 0. The van der Waals surface area contributed by atoms with E-state index in [-0.39, 0.29) is 12.2 Å². The number of hydrogen-bond donors (Lipinski definition) is 1. The topological polar surface area (TPSA) is 73.6 Å². The number of methoxy groups -OCH3 is 1. The molecule has 1 N–H and O–H groups in total. The van der Waals surface area contributed by atoms with Gasteiger partial charge in [0.1, 0.15) is 23.9 Å². The molecule has 0 fully saturated rings. The van der Waals surface area contributed by atoms with Crippen LogP contribution in [0.5, 0.6) is 11.5 Å². The Labute approximate surface area is 132 Å². The van der Waals surface area contributed by atoms with Gasteiger partial charge in [-0.15, -0.1) is 0 Å². The summed E-state index contributed by atoms with van der Waals surface area (Å²) < 4.78 is 12.8. The predicted octanol–water partition coefficient (Wildman–Crippen LogP) is 2.86. The largest absolute Gasteiger partial charge is 0.497 e. The van der Waals surface area contributed by atoms with E-state index in [9.17, 15) is 4.79 Å². The quantitative estimate of drug-likeness (QED) is 0.784. The number of rotatable bonds is 5. The summed E-state index contributed by atoms with van der Waals surface area (Å²) in [6.07, 6.45) is 0. The number of fused-ring (bicyclic) bond motifs is 1. The number of hydrogen-bond acceptors (Lipinski definition) is 4. The van der Waals surface area contributed by atoms with Gasteiger partial charge in [0.05, 0.1) is 23.7 Å². The second-order valence-electron chi connectivity index (χ2n) is 5.06. The molecule has 0 unspecified atom stereocenters. The molecular weight excluding hydrogens is 296 g/mol. The van der Waals surface area contributed by atoms with Crippen molar-refractivity contribution >= 4 is 17.0 Å². The lowest BCUT2D eigenvalue weighted by Gasteiger charge is -2.07. The van der Waals surface area contributed by atoms with E-state index in [2.05, 4.69) is 4.98 Å². The third kappa shape index (κ3) is 2.96. The standard InChI is InChI=1S/C17H16N2O4/c1-19-15-9-12(22-2)6-7-14(15)18-16(19)10-23-13-5-3-4-11(8-13)17(20)21/h3-9H,10H2,1-2H3,(H,20,21). The van der Waals surface area contributed by atoms with Crippen LogP contribution in [0.25, 0.3) is 11.0 Å². The monoisotopic (exact) mass is 312 g/mol. The number of carbonyl (C=O) groups is 1. The molecule has 6 nitrogen and oxygen atoms in total. The number of imidazole rings is 1. The van der Waals surface area contributed by atoms with E-state index in [0.29, 0.717) is 5.75 Å². The van der Waals surface area contributed by atoms with Crippen LogP contribution in [0.4, 0.5) is 0 Å². The van der Waals surface area contributed by atoms with Crippen LogP contribution in [0.3, 0.4) is 0 Å². The summed E-state index contributed by atoms with van der Waals surface area (Å²) in [7, 11) is 3.53. The second kappa shape index (κ2) is 6.00. The molecule has 0 aliphatic heterocycles. The lowest BCUT2D eigenvalue weighted by molar-refractivity contribution is 0.0696. The zero-order chi connectivity index (χ0) is 16.4. The third-order valence-electron chi connectivity index (χ3n) is 3.63. The van der Waals surface area contributed by atoms with E-state index in [1.54, 1.807) is 19.2 Å². The minimum atomic E-state index is -0.981. The predicted molar refractivity (Wildman–Crippen MR) is 85.0 cm³/mol. The summed E-state index contributed by atoms with van der Waals surface area (Å²) in [4.78, 5) is 15.5. The highest BCUT2D eigenvalue weighted by atomic mass is 16.5. The highest BCUT2D eigenvalue weighted by molar-refractivity contribution is 5.88. The van der Waals surface area contributed by atoms with E-state index in [0.717, 1.165) is 22.6 Å². The van der Waals surface area contributed by atoms with Gasteiger partial charge in [0, 0.05) is 13.1 Å². The molecule has 2 aromatic carbocycles. The Balaban J connectivity index is 1.83. The number of aromatic carboxylic acids is 1. The van der Waals surface area contributed by atoms with Crippen LogP contribution >= 0.6 is 0 Å². The molecule has 1 aromatic heterocycles. The molecule has 3 rings (SSSR count). The SMILES string of the molecule is COc1ccc2nc(COc3cccc(C(=O)O)c3)n(C)c2c1. The average molecular weight is 312 g/mol. The molecular formula is C17H16N2O4. The molecule has 23 heavy (non-hydrogen) atoms. The van der Waals surface area contributed by atoms with Crippen molar-refractivity contribution in [2.24, 2.45) is 7.05 Å². The van der Waals surface area contributed by atoms with Crippen molar-refractivity contribution in [3.63, 3.8) is 0 Å². The van der Waals surface area contributed by atoms with E-state index in [1.807, 2.05) is 29.8 Å². The minimum Gasteiger partial charge on any atom is -0.497 e. The van der Waals surface area contributed by atoms with Gasteiger partial charge in [-0.3, -0.25) is 0 Å². The van der Waals surface area contributed by atoms with Gasteiger partial charge in [-0.05, 0) is 30.3 Å². The van der Waals surface area contributed by atoms with Crippen molar-refractivity contribution in [1.82, 2.24) is 9.55 Å². The van der Waals surface area contributed by atoms with Crippen molar-refractivity contribution in [3.05, 3.63) is 53.9 Å². The Kier molecular flexibility index (Phi) is 3.89. The Hall–Kier alpha value is -3.02. The van der Waals surface area contributed by atoms with Crippen LogP contribution < -0.4 is 9.47 Å². The number of benzene rings is 2. The van der Waals surface area contributed by atoms with Crippen molar-refractivity contribution in [1.29, 1.82) is 0 Å². The number of carboxylic acid groups (broad SMARTS) is 1. The second-order valence-corrected chi connectivity index (χ2v) is 5.06. The van der Waals surface area contributed by atoms with Crippen molar-refractivity contribution in [2.75, 3.05) is 7.11 Å². The maximum absolute atomic E-state index is 11.0. The fourth-order valence-electron chi connectivity index (χ4n) is 2.34. The Morgan fingerprint density at radius 3 is 2.78 bits per heavy atom. The van der Waals surface area contributed by atoms with Gasteiger partial charge in [0.15, 0.2) is 0 Å². The molecule has 0 saturated heterocycles. The fourth-order valence-corrected chi connectivity index (χ4v) is 2.34. The smallest absolute Gasteiger partial charge is 0.335 e. The van der Waals surface area contributed by atoms with Crippen LogP contribution in [0, 0.1) is 0 Å². The molecule has 0 amide bonds. The van der Waals surface area contributed by atoms with Gasteiger partial charge in [-0.25, -0.2) is 9.78 Å². The normalized spacial score (nSPS) is 10.7. The lowest BCUT2D eigenvalue weighted by Crippen LogP contribution is -2.04. The summed E-state index contributed by atoms with van der Waals surface area (Å²) in [5.74, 6) is 1.02. The summed E-state index contributed by atoms with van der Waals surface area (Å²) in [6.45, 7) is 0.247. The first-order valence-electron chi connectivity index (χ1n) is 7.04. The van der Waals surface area contributed by atoms with Gasteiger partial charge < -0.3 is 19.1 Å². The minimum absolute atomic E-state index is 0.192. The summed E-state index contributed by atoms with van der Waals surface area (Å²) in [6, 6.07) is 12.1. The first kappa shape index (κ1) is 14.9. The molecule has 0 spiro atoms. The third-order valence-corrected chi connectivity index (χ3v) is 3.63. The van der Waals surface area contributed by atoms with E-state index < -0.39 is 5.97 Å². The zero-order valence-corrected chi connectivity index (χ0v) is 12.8. The van der Waals surface area contributed by atoms with Gasteiger partial charge in [-0.1, -0.05) is 6.07 Å². The van der Waals surface area contributed by atoms with Crippen LogP contribution in [0.2, 0.25) is 0 Å². The van der Waals surface area contributed by atoms with Crippen LogP contribution in [0.1, 0.15) is 16.2 Å². The first-order chi connectivity index (χ1) is 11.1. The molecule has 0 saturated carbocycles. The van der Waals surface area contributed by atoms with Crippen molar-refractivity contribution < 1.29 is 19.4 Å². The van der Waals surface area contributed by atoms with Crippen LogP contribution in [-0.2, 0) is 13.7 Å². The van der Waals surface area contributed by atoms with Gasteiger partial charge in [0.25, 0.3) is 0 Å². The molecule has 6 heteroatoms. The number of aromatic nitrogens is 2. The Bertz CT molecular complexity index is 870. The van der Waals surface area contributed by atoms with Gasteiger partial charge in [-0.2, -0.15) is 0 Å². The number of nitrogens with zero attached hydrogens (tertiary/aromatic N) is 2. The molecule has 0 aliphatic rings. The molecule has 1 heterocycles. The van der Waals surface area contributed by atoms with Crippen LogP contribution in [0.15, 0.2) is 42.5 Å². The maximum Gasteiger partial charge on any atom is 0.335 e. The molecule has 3 aromatic rings. The molecule has 0 bridgehead atoms. The van der Waals surface area contributed by atoms with Crippen LogP contribution in [-0.4, -0.2) is 27.7 Å². The summed E-state index contributed by atoms with van der Waals surface area (Å²) in [5, 5.41) is 9.00. The van der Waals surface area contributed by atoms with Gasteiger partial charge >= 0.3 is 5.97 Å². The zero-order valence-electron chi connectivity index (χ0n) is 12.8. The molecule has 0 atom stereocenters. The number of aryl methyl sites for hydroxylation is 1. The van der Waals surface area contributed by atoms with Gasteiger partial charge in [0.2, 0.25) is 0 Å². The molecule has 118 valence electrons. The highest BCUT2D eigenvalue weighted by Crippen LogP contribution is 2.22. The number of carboxylic acids is 1. The fraction of sp³-hybridized carbons (Fsp3) is 0.176. The Morgan fingerprint density at radius 2 is 2.04 bits per heavy atom. The molecule has 0 aliphatic carbocycles. The summed E-state index contributed by atoms with van der Waals surface area (Å²) in [5.41, 5.74) is 1.99. The van der Waals surface area contributed by atoms with E-state index in [4.69, 9.17) is 14.6 Å². The number of ether oxygens (including phenoxy) is 2. The lowest BCUT2D eigenvalue weighted by atomic mass is 10.2.